The smallest absolute Gasteiger partial charge is 0.267 e. The van der Waals surface area contributed by atoms with Crippen LogP contribution >= 0.6 is 0 Å². The zero-order valence-corrected chi connectivity index (χ0v) is 21.8. The quantitative estimate of drug-likeness (QED) is 0.400. The lowest BCUT2D eigenvalue weighted by molar-refractivity contribution is 0.0992. The third kappa shape index (κ3) is 6.03. The van der Waals surface area contributed by atoms with Crippen LogP contribution in [0.3, 0.4) is 0 Å². The minimum Gasteiger partial charge on any atom is -0.493 e. The van der Waals surface area contributed by atoms with E-state index < -0.39 is 22.0 Å². The van der Waals surface area contributed by atoms with Crippen molar-refractivity contribution in [3.63, 3.8) is 0 Å². The zero-order valence-electron chi connectivity index (χ0n) is 21.0. The molecule has 1 aromatic carbocycles. The maximum Gasteiger partial charge on any atom is 0.267 e. The van der Waals surface area contributed by atoms with Crippen molar-refractivity contribution < 1.29 is 23.1 Å². The van der Waals surface area contributed by atoms with Crippen LogP contribution in [0, 0.1) is 0 Å². The van der Waals surface area contributed by atoms with Crippen molar-refractivity contribution in [1.82, 2.24) is 19.4 Å². The zero-order chi connectivity index (χ0) is 25.8. The number of aromatic nitrogens is 2. The second-order valence-electron chi connectivity index (χ2n) is 8.99. The van der Waals surface area contributed by atoms with Gasteiger partial charge in [-0.15, -0.1) is 0 Å². The van der Waals surface area contributed by atoms with Gasteiger partial charge in [0.05, 0.1) is 23.3 Å². The van der Waals surface area contributed by atoms with Gasteiger partial charge < -0.3 is 20.5 Å². The first kappa shape index (κ1) is 27.1. The Bertz CT molecular complexity index is 1150. The molecule has 0 bridgehead atoms. The SMILES string of the molecule is CCCOc1ccc(S(=O)(=O)NCCC2CCCN2C)cc1-c1c(C(O)CC)nn(C)c1C(N)=O. The summed E-state index contributed by atoms with van der Waals surface area (Å²) in [7, 11) is -0.217. The van der Waals surface area contributed by atoms with Crippen LogP contribution < -0.4 is 15.2 Å². The second-order valence-corrected chi connectivity index (χ2v) is 10.8. The van der Waals surface area contributed by atoms with Gasteiger partial charge in [0.1, 0.15) is 11.4 Å². The third-order valence-electron chi connectivity index (χ3n) is 6.44. The minimum absolute atomic E-state index is 0.0346. The molecule has 1 fully saturated rings. The molecular formula is C24H37N5O5S. The fraction of sp³-hybridized carbons (Fsp3) is 0.583. The molecule has 2 atom stereocenters. The van der Waals surface area contributed by atoms with Crippen molar-refractivity contribution in [3.05, 3.63) is 29.6 Å². The van der Waals surface area contributed by atoms with Crippen molar-refractivity contribution >= 4 is 15.9 Å². The summed E-state index contributed by atoms with van der Waals surface area (Å²) in [5.74, 6) is -0.350. The third-order valence-corrected chi connectivity index (χ3v) is 7.90. The molecule has 0 aliphatic carbocycles. The molecule has 194 valence electrons. The van der Waals surface area contributed by atoms with Gasteiger partial charge in [0.25, 0.3) is 5.91 Å². The van der Waals surface area contributed by atoms with Gasteiger partial charge in [0.15, 0.2) is 0 Å². The molecular weight excluding hydrogens is 470 g/mol. The average Bonchev–Trinajstić information content (AvgIpc) is 3.39. The molecule has 1 saturated heterocycles. The molecule has 4 N–H and O–H groups in total. The van der Waals surface area contributed by atoms with Crippen LogP contribution in [0.4, 0.5) is 0 Å². The van der Waals surface area contributed by atoms with Gasteiger partial charge in [-0.25, -0.2) is 13.1 Å². The number of amides is 1. The summed E-state index contributed by atoms with van der Waals surface area (Å²) in [6, 6.07) is 4.88. The number of hydrogen-bond acceptors (Lipinski definition) is 7. The molecule has 11 heteroatoms. The predicted octanol–water partition coefficient (Wildman–Crippen LogP) is 2.18. The first-order valence-corrected chi connectivity index (χ1v) is 13.6. The van der Waals surface area contributed by atoms with Gasteiger partial charge >= 0.3 is 0 Å². The molecule has 0 spiro atoms. The summed E-state index contributed by atoms with van der Waals surface area (Å²) in [5.41, 5.74) is 6.61. The molecule has 0 saturated carbocycles. The van der Waals surface area contributed by atoms with Crippen LogP contribution in [-0.4, -0.2) is 66.9 Å². The molecule has 1 amide bonds. The number of likely N-dealkylation sites (tertiary alicyclic amines) is 1. The lowest BCUT2D eigenvalue weighted by Gasteiger charge is -2.19. The van der Waals surface area contributed by atoms with Crippen molar-refractivity contribution in [3.8, 4) is 16.9 Å². The summed E-state index contributed by atoms with van der Waals surface area (Å²) in [6.07, 6.45) is 3.02. The monoisotopic (exact) mass is 507 g/mol. The summed E-state index contributed by atoms with van der Waals surface area (Å²) in [6.45, 7) is 5.48. The van der Waals surface area contributed by atoms with Gasteiger partial charge in [-0.2, -0.15) is 5.10 Å². The molecule has 0 radical (unpaired) electrons. The van der Waals surface area contributed by atoms with E-state index in [1.165, 1.54) is 16.8 Å². The number of benzene rings is 1. The first-order valence-electron chi connectivity index (χ1n) is 12.1. The van der Waals surface area contributed by atoms with E-state index in [-0.39, 0.29) is 21.8 Å². The Balaban J connectivity index is 2.03. The summed E-state index contributed by atoms with van der Waals surface area (Å²) in [5, 5.41) is 15.0. The predicted molar refractivity (Wildman–Crippen MR) is 134 cm³/mol. The number of rotatable bonds is 12. The van der Waals surface area contributed by atoms with Gasteiger partial charge in [-0.1, -0.05) is 13.8 Å². The van der Waals surface area contributed by atoms with E-state index >= 15 is 0 Å². The number of hydrogen-bond donors (Lipinski definition) is 3. The number of nitrogens with one attached hydrogen (secondary N) is 1. The number of carbonyl (C=O) groups is 1. The van der Waals surface area contributed by atoms with Crippen LogP contribution in [0.1, 0.15) is 68.2 Å². The van der Waals surface area contributed by atoms with Crippen molar-refractivity contribution in [2.75, 3.05) is 26.7 Å². The molecule has 35 heavy (non-hydrogen) atoms. The molecule has 2 heterocycles. The molecule has 1 aliphatic rings. The maximum atomic E-state index is 13.2. The number of carbonyl (C=O) groups excluding carboxylic acids is 1. The van der Waals surface area contributed by atoms with E-state index in [4.69, 9.17) is 10.5 Å². The van der Waals surface area contributed by atoms with Gasteiger partial charge in [-0.05, 0) is 63.9 Å². The van der Waals surface area contributed by atoms with E-state index in [9.17, 15) is 18.3 Å². The van der Waals surface area contributed by atoms with Crippen molar-refractivity contribution in [1.29, 1.82) is 0 Å². The van der Waals surface area contributed by atoms with E-state index in [1.54, 1.807) is 20.0 Å². The highest BCUT2D eigenvalue weighted by Crippen LogP contribution is 2.39. The molecule has 2 unspecified atom stereocenters. The fourth-order valence-electron chi connectivity index (χ4n) is 4.52. The Morgan fingerprint density at radius 1 is 1.34 bits per heavy atom. The van der Waals surface area contributed by atoms with Crippen LogP contribution in [0.5, 0.6) is 5.75 Å². The highest BCUT2D eigenvalue weighted by Gasteiger charge is 2.29. The molecule has 2 aromatic rings. The van der Waals surface area contributed by atoms with Crippen LogP contribution in [0.15, 0.2) is 23.1 Å². The number of aryl methyl sites for hydroxylation is 1. The number of aliphatic hydroxyl groups is 1. The van der Waals surface area contributed by atoms with Crippen LogP contribution in [0.2, 0.25) is 0 Å². The summed E-state index contributed by atoms with van der Waals surface area (Å²) < 4.78 is 36.2. The Kier molecular flexibility index (Phi) is 8.92. The maximum absolute atomic E-state index is 13.2. The molecule has 1 aliphatic heterocycles. The van der Waals surface area contributed by atoms with Crippen LogP contribution in [0.25, 0.3) is 11.1 Å². The van der Waals surface area contributed by atoms with Gasteiger partial charge in [0, 0.05) is 30.8 Å². The highest BCUT2D eigenvalue weighted by atomic mass is 32.2. The fourth-order valence-corrected chi connectivity index (χ4v) is 5.59. The number of primary amides is 1. The summed E-state index contributed by atoms with van der Waals surface area (Å²) >= 11 is 0. The van der Waals surface area contributed by atoms with Crippen molar-refractivity contribution in [2.24, 2.45) is 12.8 Å². The van der Waals surface area contributed by atoms with E-state index in [0.29, 0.717) is 36.9 Å². The largest absolute Gasteiger partial charge is 0.493 e. The lowest BCUT2D eigenvalue weighted by atomic mass is 9.98. The van der Waals surface area contributed by atoms with Gasteiger partial charge in [-0.3, -0.25) is 9.48 Å². The number of nitrogens with two attached hydrogens (primary N) is 1. The number of aliphatic hydroxyl groups excluding tert-OH is 1. The second kappa shape index (κ2) is 11.5. The van der Waals surface area contributed by atoms with E-state index in [1.807, 2.05) is 6.92 Å². The topological polar surface area (TPSA) is 140 Å². The van der Waals surface area contributed by atoms with E-state index in [2.05, 4.69) is 21.8 Å². The minimum atomic E-state index is -3.83. The average molecular weight is 508 g/mol. The van der Waals surface area contributed by atoms with Crippen molar-refractivity contribution in [2.45, 2.75) is 63.0 Å². The highest BCUT2D eigenvalue weighted by molar-refractivity contribution is 7.89. The van der Waals surface area contributed by atoms with E-state index in [0.717, 1.165) is 32.2 Å². The first-order chi connectivity index (χ1) is 16.6. The molecule has 1 aromatic heterocycles. The number of sulfonamides is 1. The molecule has 3 rings (SSSR count). The Labute approximate surface area is 207 Å². The molecule has 10 nitrogen and oxygen atoms in total. The number of nitrogens with zero attached hydrogens (tertiary/aromatic N) is 3. The lowest BCUT2D eigenvalue weighted by Crippen LogP contribution is -2.31. The standard InChI is InChI=1S/C24H37N5O5S/c1-5-14-34-20-10-9-17(35(32,33)26-12-11-16-8-7-13-28(16)3)15-18(20)21-22(19(30)6-2)27-29(4)23(21)24(25)31/h9-10,15-16,19,26,30H,5-8,11-14H2,1-4H3,(H2,25,31). The van der Waals surface area contributed by atoms with Gasteiger partial charge in [0.2, 0.25) is 10.0 Å². The Hall–Kier alpha value is -2.47. The Morgan fingerprint density at radius 2 is 2.09 bits per heavy atom. The normalized spacial score (nSPS) is 17.6. The number of ether oxygens (including phenoxy) is 1. The Morgan fingerprint density at radius 3 is 2.69 bits per heavy atom. The summed E-state index contributed by atoms with van der Waals surface area (Å²) in [4.78, 5) is 14.6. The van der Waals surface area contributed by atoms with Crippen LogP contribution in [-0.2, 0) is 17.1 Å².